The monoisotopic (exact) mass is 240 g/mol. The first-order valence-electron chi connectivity index (χ1n) is 6.94. The van der Waals surface area contributed by atoms with Gasteiger partial charge in [-0.3, -0.25) is 4.79 Å². The zero-order valence-electron chi connectivity index (χ0n) is 12.3. The van der Waals surface area contributed by atoms with Crippen molar-refractivity contribution in [1.29, 1.82) is 0 Å². The van der Waals surface area contributed by atoms with Crippen molar-refractivity contribution in [2.24, 2.45) is 0 Å². The minimum Gasteiger partial charge on any atom is -0.369 e. The number of amides is 1. The molecule has 1 aromatic carbocycles. The first kappa shape index (κ1) is 8.47. The Morgan fingerprint density at radius 1 is 1.53 bits per heavy atom. The van der Waals surface area contributed by atoms with Gasteiger partial charge in [0.15, 0.2) is 0 Å². The number of nitrogens with one attached hydrogen (secondary N) is 2. The van der Waals surface area contributed by atoms with Crippen molar-refractivity contribution in [3.63, 3.8) is 0 Å². The fraction of sp³-hybridized carbons (Fsp3) is 0.417. The average Bonchev–Trinajstić information content (AvgIpc) is 2.37. The molecule has 1 saturated heterocycles. The Balaban J connectivity index is 2.15. The van der Waals surface area contributed by atoms with Gasteiger partial charge in [-0.2, -0.15) is 0 Å². The molecule has 0 spiro atoms. The van der Waals surface area contributed by atoms with Crippen molar-refractivity contribution in [3.8, 4) is 0 Å². The Kier molecular flexibility index (Phi) is 2.56. The smallest absolute Gasteiger partial charge is 0.253 e. The lowest BCUT2D eigenvalue weighted by molar-refractivity contribution is 0.0959. The predicted molar refractivity (Wildman–Crippen MR) is 64.9 cm³/mol. The summed E-state index contributed by atoms with van der Waals surface area (Å²) in [5, 5.41) is 4.97. The molecule has 0 saturated carbocycles. The number of halogens is 1. The highest BCUT2D eigenvalue weighted by atomic mass is 19.1. The fourth-order valence-corrected chi connectivity index (χ4v) is 1.88. The average molecular weight is 240 g/mol. The van der Waals surface area contributed by atoms with Crippen LogP contribution in [0.15, 0.2) is 18.2 Å². The summed E-state index contributed by atoms with van der Waals surface area (Å²) in [7, 11) is 0. The van der Waals surface area contributed by atoms with E-state index in [9.17, 15) is 9.18 Å². The number of anilines is 1. The van der Waals surface area contributed by atoms with E-state index in [1.54, 1.807) is 11.4 Å². The molecular formula is C12H16FN3O. The van der Waals surface area contributed by atoms with Crippen LogP contribution in [0.3, 0.4) is 0 Å². The lowest BCUT2D eigenvalue weighted by atomic mass is 10.1. The van der Waals surface area contributed by atoms with Crippen molar-refractivity contribution < 1.29 is 13.3 Å². The van der Waals surface area contributed by atoms with Gasteiger partial charge in [0.25, 0.3) is 5.91 Å². The second-order valence-electron chi connectivity index (χ2n) is 3.86. The predicted octanol–water partition coefficient (Wildman–Crippen LogP) is 0.595. The minimum absolute atomic E-state index is 0.264. The van der Waals surface area contributed by atoms with E-state index in [0.717, 1.165) is 26.2 Å². The number of hydrogen-bond acceptors (Lipinski definition) is 3. The van der Waals surface area contributed by atoms with Crippen molar-refractivity contribution in [1.82, 2.24) is 10.6 Å². The Labute approximate surface area is 104 Å². The molecule has 0 bridgehead atoms. The Morgan fingerprint density at radius 2 is 2.29 bits per heavy atom. The van der Waals surface area contributed by atoms with Crippen LogP contribution in [0.2, 0.25) is 0 Å². The van der Waals surface area contributed by atoms with E-state index in [1.807, 2.05) is 4.90 Å². The van der Waals surface area contributed by atoms with Crippen LogP contribution in [0.4, 0.5) is 10.1 Å². The number of piperazine rings is 1. The summed E-state index contributed by atoms with van der Waals surface area (Å²) in [6.07, 6.45) is 0. The van der Waals surface area contributed by atoms with Crippen LogP contribution < -0.4 is 15.5 Å². The molecule has 17 heavy (non-hydrogen) atoms. The van der Waals surface area contributed by atoms with E-state index in [2.05, 4.69) is 5.32 Å². The molecule has 0 aromatic heterocycles. The van der Waals surface area contributed by atoms with Crippen LogP contribution in [0.25, 0.3) is 0 Å². The van der Waals surface area contributed by atoms with Gasteiger partial charge in [-0.25, -0.2) is 4.39 Å². The molecule has 0 aliphatic carbocycles. The summed E-state index contributed by atoms with van der Waals surface area (Å²) in [4.78, 5) is 13.6. The molecule has 1 aliphatic heterocycles. The van der Waals surface area contributed by atoms with Gasteiger partial charge in [0.05, 0.1) is 5.56 Å². The molecule has 1 aromatic rings. The second kappa shape index (κ2) is 5.14. The minimum atomic E-state index is -2.62. The molecule has 0 radical (unpaired) electrons. The topological polar surface area (TPSA) is 44.4 Å². The molecule has 1 amide bonds. The molecule has 2 N–H and O–H groups in total. The number of hydrogen-bond donors (Lipinski definition) is 2. The molecule has 5 heteroatoms. The molecule has 0 atom stereocenters. The van der Waals surface area contributed by atoms with Gasteiger partial charge >= 0.3 is 0 Å². The van der Waals surface area contributed by atoms with Gasteiger partial charge in [-0.15, -0.1) is 0 Å². The molecule has 1 heterocycles. The summed E-state index contributed by atoms with van der Waals surface area (Å²) < 4.78 is 34.8. The van der Waals surface area contributed by atoms with Crippen LogP contribution in [-0.2, 0) is 0 Å². The molecule has 0 unspecified atom stereocenters. The maximum Gasteiger partial charge on any atom is 0.253 e. The number of nitrogens with zero attached hydrogens (tertiary/aromatic N) is 1. The Morgan fingerprint density at radius 3 is 2.94 bits per heavy atom. The number of carbonyl (C=O) groups is 1. The fourth-order valence-electron chi connectivity index (χ4n) is 1.88. The Hall–Kier alpha value is -1.62. The van der Waals surface area contributed by atoms with Crippen LogP contribution in [0, 0.1) is 5.82 Å². The quantitative estimate of drug-likeness (QED) is 0.795. The third kappa shape index (κ3) is 2.55. The van der Waals surface area contributed by atoms with E-state index in [4.69, 9.17) is 4.11 Å². The van der Waals surface area contributed by atoms with Crippen LogP contribution >= 0.6 is 0 Å². The largest absolute Gasteiger partial charge is 0.369 e. The van der Waals surface area contributed by atoms with Crippen molar-refractivity contribution in [2.75, 3.05) is 38.1 Å². The van der Waals surface area contributed by atoms with Crippen LogP contribution in [-0.4, -0.2) is 39.1 Å². The summed E-state index contributed by atoms with van der Waals surface area (Å²) in [5.41, 5.74) is 0.425. The van der Waals surface area contributed by atoms with Crippen molar-refractivity contribution >= 4 is 11.6 Å². The highest BCUT2D eigenvalue weighted by molar-refractivity contribution is 5.94. The zero-order valence-corrected chi connectivity index (χ0v) is 9.29. The number of benzene rings is 1. The molecule has 1 fully saturated rings. The summed E-state index contributed by atoms with van der Waals surface area (Å²) in [5.74, 6) is -1.66. The number of rotatable bonds is 2. The summed E-state index contributed by atoms with van der Waals surface area (Å²) in [6, 6.07) is 4.20. The van der Waals surface area contributed by atoms with E-state index in [0.29, 0.717) is 5.69 Å². The lowest BCUT2D eigenvalue weighted by Crippen LogP contribution is -2.43. The van der Waals surface area contributed by atoms with Gasteiger partial charge < -0.3 is 15.5 Å². The summed E-state index contributed by atoms with van der Waals surface area (Å²) >= 11 is 0. The molecule has 2 rings (SSSR count). The van der Waals surface area contributed by atoms with Gasteiger partial charge in [0.1, 0.15) is 5.82 Å². The van der Waals surface area contributed by atoms with Gasteiger partial charge in [-0.1, -0.05) is 0 Å². The zero-order chi connectivity index (χ0) is 14.8. The first-order valence-corrected chi connectivity index (χ1v) is 5.44. The third-order valence-electron chi connectivity index (χ3n) is 2.79. The SMILES string of the molecule is [2H]C([2H])([2H])NC(=O)c1ccc(N2CCNCC2)cc1F. The van der Waals surface area contributed by atoms with Crippen LogP contribution in [0.5, 0.6) is 0 Å². The Bertz CT molecular complexity index is 501. The molecular weight excluding hydrogens is 221 g/mol. The van der Waals surface area contributed by atoms with E-state index in [1.165, 1.54) is 12.1 Å². The maximum absolute atomic E-state index is 13.9. The normalized spacial score (nSPS) is 19.1. The first-order chi connectivity index (χ1) is 9.37. The maximum atomic E-state index is 13.9. The molecule has 92 valence electrons. The molecule has 1 aliphatic rings. The van der Waals surface area contributed by atoms with E-state index >= 15 is 0 Å². The van der Waals surface area contributed by atoms with Crippen molar-refractivity contribution in [3.05, 3.63) is 29.6 Å². The standard InChI is InChI=1S/C12H16FN3O/c1-14-12(17)10-3-2-9(8-11(10)13)16-6-4-15-5-7-16/h2-3,8,15H,4-7H2,1H3,(H,14,17)/i1D3. The lowest BCUT2D eigenvalue weighted by Gasteiger charge is -2.29. The number of carbonyl (C=O) groups excluding carboxylic acids is 1. The van der Waals surface area contributed by atoms with Crippen LogP contribution in [0.1, 0.15) is 14.5 Å². The van der Waals surface area contributed by atoms with E-state index in [-0.39, 0.29) is 5.56 Å². The van der Waals surface area contributed by atoms with Crippen molar-refractivity contribution in [2.45, 2.75) is 0 Å². The highest BCUT2D eigenvalue weighted by Crippen LogP contribution is 2.19. The van der Waals surface area contributed by atoms with E-state index < -0.39 is 18.7 Å². The van der Waals surface area contributed by atoms with Gasteiger partial charge in [-0.05, 0) is 18.2 Å². The second-order valence-corrected chi connectivity index (χ2v) is 3.86. The van der Waals surface area contributed by atoms with Gasteiger partial charge in [0, 0.05) is 43.0 Å². The summed E-state index contributed by atoms with van der Waals surface area (Å²) in [6.45, 7) is 0.549. The highest BCUT2D eigenvalue weighted by Gasteiger charge is 2.15. The molecule has 4 nitrogen and oxygen atoms in total. The van der Waals surface area contributed by atoms with Gasteiger partial charge in [0.2, 0.25) is 0 Å². The third-order valence-corrected chi connectivity index (χ3v) is 2.79.